The molecule has 0 heterocycles. The number of hydrogen-bond acceptors (Lipinski definition) is 2. The Morgan fingerprint density at radius 2 is 2.05 bits per heavy atom. The van der Waals surface area contributed by atoms with Crippen LogP contribution >= 0.6 is 0 Å². The van der Waals surface area contributed by atoms with Crippen LogP contribution in [0.3, 0.4) is 0 Å². The van der Waals surface area contributed by atoms with Gasteiger partial charge in [-0.25, -0.2) is 0 Å². The lowest BCUT2D eigenvalue weighted by atomic mass is 9.96. The monoisotopic (exact) mass is 260 g/mol. The molecule has 0 bridgehead atoms. The summed E-state index contributed by atoms with van der Waals surface area (Å²) < 4.78 is 0. The molecule has 0 atom stereocenters. The fraction of sp³-hybridized carbons (Fsp3) is 0.562. The molecule has 19 heavy (non-hydrogen) atoms. The molecule has 2 rings (SSSR count). The van der Waals surface area contributed by atoms with Crippen molar-refractivity contribution in [2.45, 2.75) is 51.6 Å². The fourth-order valence-electron chi connectivity index (χ4n) is 2.89. The van der Waals surface area contributed by atoms with Crippen LogP contribution in [0.2, 0.25) is 0 Å². The van der Waals surface area contributed by atoms with Crippen molar-refractivity contribution in [3.8, 4) is 0 Å². The third-order valence-corrected chi connectivity index (χ3v) is 4.05. The first kappa shape index (κ1) is 14.1. The summed E-state index contributed by atoms with van der Waals surface area (Å²) in [5.41, 5.74) is 8.06. The smallest absolute Gasteiger partial charge is 0.242 e. The van der Waals surface area contributed by atoms with E-state index in [0.29, 0.717) is 13.1 Å². The molecule has 0 aliphatic heterocycles. The molecular formula is C16H24N2O. The van der Waals surface area contributed by atoms with Crippen molar-refractivity contribution in [3.63, 3.8) is 0 Å². The van der Waals surface area contributed by atoms with Crippen LogP contribution in [0, 0.1) is 6.92 Å². The Hall–Kier alpha value is -1.35. The average molecular weight is 260 g/mol. The van der Waals surface area contributed by atoms with Gasteiger partial charge in [-0.2, -0.15) is 0 Å². The van der Waals surface area contributed by atoms with Crippen LogP contribution in [0.1, 0.15) is 43.7 Å². The highest BCUT2D eigenvalue weighted by Gasteiger charge is 2.39. The summed E-state index contributed by atoms with van der Waals surface area (Å²) in [6.07, 6.45) is 3.81. The molecule has 1 saturated carbocycles. The first-order valence-electron chi connectivity index (χ1n) is 7.19. The Labute approximate surface area is 115 Å². The molecule has 0 aromatic heterocycles. The second kappa shape index (κ2) is 5.74. The van der Waals surface area contributed by atoms with Gasteiger partial charge in [0.05, 0.1) is 5.54 Å². The molecule has 0 saturated heterocycles. The highest BCUT2D eigenvalue weighted by atomic mass is 16.2. The van der Waals surface area contributed by atoms with Crippen LogP contribution < -0.4 is 5.73 Å². The minimum atomic E-state index is -0.611. The van der Waals surface area contributed by atoms with E-state index in [1.54, 1.807) is 0 Å². The van der Waals surface area contributed by atoms with Crippen molar-refractivity contribution in [1.82, 2.24) is 4.90 Å². The predicted molar refractivity (Wildman–Crippen MR) is 77.7 cm³/mol. The molecular weight excluding hydrogens is 236 g/mol. The average Bonchev–Trinajstić information content (AvgIpc) is 2.83. The van der Waals surface area contributed by atoms with Gasteiger partial charge in [0.2, 0.25) is 5.91 Å². The van der Waals surface area contributed by atoms with E-state index in [-0.39, 0.29) is 5.91 Å². The van der Waals surface area contributed by atoms with E-state index in [9.17, 15) is 4.79 Å². The summed E-state index contributed by atoms with van der Waals surface area (Å²) in [4.78, 5) is 14.5. The van der Waals surface area contributed by atoms with Crippen molar-refractivity contribution in [2.24, 2.45) is 5.73 Å². The largest absolute Gasteiger partial charge is 0.337 e. The van der Waals surface area contributed by atoms with E-state index in [2.05, 4.69) is 25.1 Å². The number of carbonyl (C=O) groups excluding carboxylic acids is 1. The quantitative estimate of drug-likeness (QED) is 0.904. The molecule has 2 N–H and O–H groups in total. The number of benzene rings is 1. The van der Waals surface area contributed by atoms with Gasteiger partial charge in [-0.15, -0.1) is 0 Å². The molecule has 0 unspecified atom stereocenters. The summed E-state index contributed by atoms with van der Waals surface area (Å²) in [5.74, 6) is 0.119. The van der Waals surface area contributed by atoms with Crippen LogP contribution in [0.25, 0.3) is 0 Å². The lowest BCUT2D eigenvalue weighted by Crippen LogP contribution is -2.53. The van der Waals surface area contributed by atoms with E-state index < -0.39 is 5.54 Å². The molecule has 3 nitrogen and oxygen atoms in total. The fourth-order valence-corrected chi connectivity index (χ4v) is 2.89. The maximum absolute atomic E-state index is 12.6. The molecule has 1 aliphatic carbocycles. The van der Waals surface area contributed by atoms with Gasteiger partial charge in [0, 0.05) is 13.1 Å². The second-order valence-corrected chi connectivity index (χ2v) is 5.67. The van der Waals surface area contributed by atoms with Gasteiger partial charge in [-0.05, 0) is 32.3 Å². The van der Waals surface area contributed by atoms with Gasteiger partial charge in [0.25, 0.3) is 0 Å². The maximum atomic E-state index is 12.6. The van der Waals surface area contributed by atoms with Gasteiger partial charge in [-0.3, -0.25) is 4.79 Å². The van der Waals surface area contributed by atoms with E-state index in [0.717, 1.165) is 25.7 Å². The summed E-state index contributed by atoms with van der Waals surface area (Å²) in [7, 11) is 0. The number of nitrogens with zero attached hydrogens (tertiary/aromatic N) is 1. The highest BCUT2D eigenvalue weighted by molar-refractivity contribution is 5.86. The number of carbonyl (C=O) groups is 1. The number of likely N-dealkylation sites (N-methyl/N-ethyl adjacent to an activating group) is 1. The zero-order valence-electron chi connectivity index (χ0n) is 12.0. The zero-order valence-corrected chi connectivity index (χ0v) is 12.0. The third kappa shape index (κ3) is 3.16. The molecule has 1 amide bonds. The number of amides is 1. The molecule has 1 fully saturated rings. The van der Waals surface area contributed by atoms with Crippen LogP contribution in [0.5, 0.6) is 0 Å². The Bertz CT molecular complexity index is 450. The maximum Gasteiger partial charge on any atom is 0.242 e. The Morgan fingerprint density at radius 3 is 2.63 bits per heavy atom. The molecule has 0 radical (unpaired) electrons. The first-order chi connectivity index (χ1) is 9.05. The summed E-state index contributed by atoms with van der Waals surface area (Å²) in [5, 5.41) is 0. The van der Waals surface area contributed by atoms with Crippen molar-refractivity contribution < 1.29 is 4.79 Å². The van der Waals surface area contributed by atoms with Gasteiger partial charge < -0.3 is 10.6 Å². The van der Waals surface area contributed by atoms with Crippen molar-refractivity contribution in [1.29, 1.82) is 0 Å². The first-order valence-corrected chi connectivity index (χ1v) is 7.19. The summed E-state index contributed by atoms with van der Waals surface area (Å²) >= 11 is 0. The van der Waals surface area contributed by atoms with Crippen molar-refractivity contribution >= 4 is 5.91 Å². The summed E-state index contributed by atoms with van der Waals surface area (Å²) in [6.45, 7) is 5.47. The number of rotatable bonds is 4. The van der Waals surface area contributed by atoms with Crippen LogP contribution in [0.4, 0.5) is 0 Å². The number of hydrogen-bond donors (Lipinski definition) is 1. The topological polar surface area (TPSA) is 46.3 Å². The van der Waals surface area contributed by atoms with E-state index in [4.69, 9.17) is 5.73 Å². The molecule has 3 heteroatoms. The van der Waals surface area contributed by atoms with Gasteiger partial charge >= 0.3 is 0 Å². The Kier molecular flexibility index (Phi) is 4.25. The number of aryl methyl sites for hydroxylation is 1. The SMILES string of the molecule is CCN(Cc1cccc(C)c1)C(=O)C1(N)CCCC1. The molecule has 1 aromatic rings. The predicted octanol–water partition coefficient (Wildman–Crippen LogP) is 2.62. The van der Waals surface area contributed by atoms with Crippen LogP contribution in [0.15, 0.2) is 24.3 Å². The van der Waals surface area contributed by atoms with Gasteiger partial charge in [0.15, 0.2) is 0 Å². The van der Waals surface area contributed by atoms with Gasteiger partial charge in [-0.1, -0.05) is 42.7 Å². The lowest BCUT2D eigenvalue weighted by Gasteiger charge is -2.31. The molecule has 1 aromatic carbocycles. The van der Waals surface area contributed by atoms with Gasteiger partial charge in [0.1, 0.15) is 0 Å². The van der Waals surface area contributed by atoms with Crippen LogP contribution in [-0.2, 0) is 11.3 Å². The molecule has 0 spiro atoms. The minimum Gasteiger partial charge on any atom is -0.337 e. The van der Waals surface area contributed by atoms with E-state index >= 15 is 0 Å². The third-order valence-electron chi connectivity index (χ3n) is 4.05. The van der Waals surface area contributed by atoms with E-state index in [1.165, 1.54) is 11.1 Å². The second-order valence-electron chi connectivity index (χ2n) is 5.67. The zero-order chi connectivity index (χ0) is 13.9. The number of nitrogens with two attached hydrogens (primary N) is 1. The summed E-state index contributed by atoms with van der Waals surface area (Å²) in [6, 6.07) is 8.31. The highest BCUT2D eigenvalue weighted by Crippen LogP contribution is 2.29. The minimum absolute atomic E-state index is 0.119. The Balaban J connectivity index is 2.10. The molecule has 1 aliphatic rings. The van der Waals surface area contributed by atoms with Crippen molar-refractivity contribution in [2.75, 3.05) is 6.54 Å². The Morgan fingerprint density at radius 1 is 1.37 bits per heavy atom. The van der Waals surface area contributed by atoms with Crippen molar-refractivity contribution in [3.05, 3.63) is 35.4 Å². The lowest BCUT2D eigenvalue weighted by molar-refractivity contribution is -0.137. The van der Waals surface area contributed by atoms with E-state index in [1.807, 2.05) is 17.9 Å². The standard InChI is InChI=1S/C16H24N2O/c1-3-18(12-14-8-6-7-13(2)11-14)15(19)16(17)9-4-5-10-16/h6-8,11H,3-5,9-10,12,17H2,1-2H3. The molecule has 104 valence electrons. The normalized spacial score (nSPS) is 17.4. The van der Waals surface area contributed by atoms with Crippen LogP contribution in [-0.4, -0.2) is 22.9 Å².